The van der Waals surface area contributed by atoms with Gasteiger partial charge in [0.25, 0.3) is 0 Å². The molecule has 154 valence electrons. The lowest BCUT2D eigenvalue weighted by Crippen LogP contribution is -2.44. The topological polar surface area (TPSA) is 66.8 Å². The number of carbonyl (C=O) groups is 2. The van der Waals surface area contributed by atoms with E-state index in [-0.39, 0.29) is 25.3 Å². The second kappa shape index (κ2) is 9.18. The summed E-state index contributed by atoms with van der Waals surface area (Å²) in [7, 11) is 0. The summed E-state index contributed by atoms with van der Waals surface area (Å²) in [5.41, 5.74) is -1.79. The molecule has 0 spiro atoms. The zero-order valence-corrected chi connectivity index (χ0v) is 15.5. The standard InChI is InChI=1S/C19H21F4NO4/c1-3-28-19(27)13(8-24(10(2)9-25)11-5-4-6-11)18(26)12-7-14(20)16(22)17(23)15(12)21/h7-8,10-11,25H,3-6,9H2,1-2H3. The van der Waals surface area contributed by atoms with Crippen molar-refractivity contribution < 1.29 is 37.0 Å². The van der Waals surface area contributed by atoms with Crippen molar-refractivity contribution in [3.8, 4) is 0 Å². The number of Topliss-reactive ketones (excluding diaryl/α,β-unsaturated/α-hetero) is 1. The minimum Gasteiger partial charge on any atom is -0.462 e. The molecule has 1 atom stereocenters. The summed E-state index contributed by atoms with van der Waals surface area (Å²) >= 11 is 0. The van der Waals surface area contributed by atoms with Gasteiger partial charge in [-0.15, -0.1) is 0 Å². The number of ether oxygens (including phenoxy) is 1. The van der Waals surface area contributed by atoms with Crippen molar-refractivity contribution in [3.63, 3.8) is 0 Å². The zero-order valence-electron chi connectivity index (χ0n) is 15.5. The van der Waals surface area contributed by atoms with E-state index >= 15 is 0 Å². The van der Waals surface area contributed by atoms with Crippen molar-refractivity contribution in [2.75, 3.05) is 13.2 Å². The summed E-state index contributed by atoms with van der Waals surface area (Å²) in [4.78, 5) is 26.6. The van der Waals surface area contributed by atoms with Crippen molar-refractivity contribution in [2.24, 2.45) is 0 Å². The Morgan fingerprint density at radius 3 is 2.39 bits per heavy atom. The van der Waals surface area contributed by atoms with E-state index in [9.17, 15) is 32.3 Å². The number of aliphatic hydroxyl groups is 1. The van der Waals surface area contributed by atoms with Crippen molar-refractivity contribution >= 4 is 11.8 Å². The van der Waals surface area contributed by atoms with Gasteiger partial charge >= 0.3 is 5.97 Å². The van der Waals surface area contributed by atoms with Crippen LogP contribution in [0.1, 0.15) is 43.5 Å². The average molecular weight is 403 g/mol. The Bertz CT molecular complexity index is 788. The van der Waals surface area contributed by atoms with Gasteiger partial charge < -0.3 is 14.7 Å². The van der Waals surface area contributed by atoms with E-state index in [1.165, 1.54) is 6.92 Å². The molecule has 9 heteroatoms. The van der Waals surface area contributed by atoms with Crippen molar-refractivity contribution in [1.29, 1.82) is 0 Å². The number of halogens is 4. The number of benzene rings is 1. The highest BCUT2D eigenvalue weighted by Crippen LogP contribution is 2.28. The molecule has 0 aromatic heterocycles. The van der Waals surface area contributed by atoms with Crippen LogP contribution in [0.2, 0.25) is 0 Å². The number of aliphatic hydroxyl groups excluding tert-OH is 1. The Balaban J connectivity index is 2.54. The van der Waals surface area contributed by atoms with Gasteiger partial charge in [0.1, 0.15) is 5.57 Å². The van der Waals surface area contributed by atoms with Crippen LogP contribution < -0.4 is 0 Å². The number of hydrogen-bond donors (Lipinski definition) is 1. The molecular formula is C19H21F4NO4. The maximum atomic E-state index is 14.1. The normalized spacial score (nSPS) is 15.8. The van der Waals surface area contributed by atoms with Gasteiger partial charge in [0, 0.05) is 18.3 Å². The molecule has 0 bridgehead atoms. The summed E-state index contributed by atoms with van der Waals surface area (Å²) < 4.78 is 59.1. The van der Waals surface area contributed by atoms with Crippen LogP contribution >= 0.6 is 0 Å². The summed E-state index contributed by atoms with van der Waals surface area (Å²) in [6.45, 7) is 2.75. The molecule has 1 aromatic carbocycles. The van der Waals surface area contributed by atoms with Gasteiger partial charge in [-0.1, -0.05) is 0 Å². The van der Waals surface area contributed by atoms with Crippen LogP contribution in [0.4, 0.5) is 17.6 Å². The first-order valence-corrected chi connectivity index (χ1v) is 8.87. The smallest absolute Gasteiger partial charge is 0.343 e. The van der Waals surface area contributed by atoms with Crippen molar-refractivity contribution in [1.82, 2.24) is 4.90 Å². The van der Waals surface area contributed by atoms with E-state index in [0.29, 0.717) is 0 Å². The van der Waals surface area contributed by atoms with E-state index in [1.54, 1.807) is 11.8 Å². The Labute approximate surface area is 159 Å². The highest BCUT2D eigenvalue weighted by molar-refractivity contribution is 6.24. The first-order chi connectivity index (χ1) is 13.2. The third-order valence-corrected chi connectivity index (χ3v) is 4.63. The lowest BCUT2D eigenvalue weighted by Gasteiger charge is -2.40. The van der Waals surface area contributed by atoms with Crippen LogP contribution in [0.5, 0.6) is 0 Å². The third kappa shape index (κ3) is 4.35. The predicted molar refractivity (Wildman–Crippen MR) is 91.3 cm³/mol. The number of hydrogen-bond acceptors (Lipinski definition) is 5. The first-order valence-electron chi connectivity index (χ1n) is 8.87. The molecule has 28 heavy (non-hydrogen) atoms. The maximum Gasteiger partial charge on any atom is 0.343 e. The minimum atomic E-state index is -2.15. The third-order valence-electron chi connectivity index (χ3n) is 4.63. The number of rotatable bonds is 8. The van der Waals surface area contributed by atoms with Crippen LogP contribution in [-0.2, 0) is 9.53 Å². The molecule has 0 radical (unpaired) electrons. The van der Waals surface area contributed by atoms with Gasteiger partial charge in [-0.05, 0) is 39.2 Å². The van der Waals surface area contributed by atoms with E-state index in [1.807, 2.05) is 0 Å². The number of carbonyl (C=O) groups excluding carboxylic acids is 2. The Hall–Kier alpha value is -2.42. The van der Waals surface area contributed by atoms with E-state index in [2.05, 4.69) is 0 Å². The molecule has 0 amide bonds. The zero-order chi connectivity index (χ0) is 21.0. The second-order valence-corrected chi connectivity index (χ2v) is 6.50. The molecule has 1 unspecified atom stereocenters. The quantitative estimate of drug-likeness (QED) is 0.106. The van der Waals surface area contributed by atoms with Gasteiger partial charge in [-0.25, -0.2) is 22.4 Å². The molecule has 5 nitrogen and oxygen atoms in total. The summed E-state index contributed by atoms with van der Waals surface area (Å²) in [5.74, 6) is -10.3. The molecular weight excluding hydrogens is 382 g/mol. The fraction of sp³-hybridized carbons (Fsp3) is 0.474. The van der Waals surface area contributed by atoms with E-state index < -0.39 is 52.2 Å². The van der Waals surface area contributed by atoms with Crippen LogP contribution in [-0.4, -0.2) is 47.1 Å². The molecule has 1 saturated carbocycles. The molecule has 1 aliphatic rings. The molecule has 0 heterocycles. The molecule has 1 aromatic rings. The van der Waals surface area contributed by atoms with Gasteiger partial charge in [0.05, 0.1) is 18.8 Å². The first kappa shape index (κ1) is 21.9. The van der Waals surface area contributed by atoms with Crippen molar-refractivity contribution in [2.45, 2.75) is 45.2 Å². The molecule has 0 saturated heterocycles. The fourth-order valence-corrected chi connectivity index (χ4v) is 2.82. The van der Waals surface area contributed by atoms with E-state index in [4.69, 9.17) is 4.74 Å². The summed E-state index contributed by atoms with van der Waals surface area (Å²) in [6.07, 6.45) is 3.53. The van der Waals surface area contributed by atoms with Gasteiger partial charge in [0.15, 0.2) is 23.3 Å². The average Bonchev–Trinajstić information content (AvgIpc) is 2.63. The van der Waals surface area contributed by atoms with E-state index in [0.717, 1.165) is 25.5 Å². The van der Waals surface area contributed by atoms with Crippen LogP contribution in [0, 0.1) is 23.3 Å². The Morgan fingerprint density at radius 1 is 1.25 bits per heavy atom. The van der Waals surface area contributed by atoms with Crippen LogP contribution in [0.15, 0.2) is 17.8 Å². The van der Waals surface area contributed by atoms with Gasteiger partial charge in [-0.2, -0.15) is 0 Å². The molecule has 1 N–H and O–H groups in total. The molecule has 1 aliphatic carbocycles. The summed E-state index contributed by atoms with van der Waals surface area (Å²) in [5, 5.41) is 9.46. The predicted octanol–water partition coefficient (Wildman–Crippen LogP) is 3.11. The highest BCUT2D eigenvalue weighted by atomic mass is 19.2. The van der Waals surface area contributed by atoms with Gasteiger partial charge in [0.2, 0.25) is 5.78 Å². The fourth-order valence-electron chi connectivity index (χ4n) is 2.82. The lowest BCUT2D eigenvalue weighted by atomic mass is 9.90. The number of ketones is 1. The summed E-state index contributed by atoms with van der Waals surface area (Å²) in [6, 6.07) is -0.341. The maximum absolute atomic E-state index is 14.1. The number of nitrogens with zero attached hydrogens (tertiary/aromatic N) is 1. The lowest BCUT2D eigenvalue weighted by molar-refractivity contribution is -0.138. The highest BCUT2D eigenvalue weighted by Gasteiger charge is 2.32. The Kier molecular flexibility index (Phi) is 7.17. The minimum absolute atomic E-state index is 0.0640. The van der Waals surface area contributed by atoms with Crippen molar-refractivity contribution in [3.05, 3.63) is 46.7 Å². The largest absolute Gasteiger partial charge is 0.462 e. The monoisotopic (exact) mass is 403 g/mol. The molecule has 0 aliphatic heterocycles. The molecule has 2 rings (SSSR count). The SMILES string of the molecule is CCOC(=O)C(=CN(C(C)CO)C1CCC1)C(=O)c1cc(F)c(F)c(F)c1F. The number of esters is 1. The van der Waals surface area contributed by atoms with Gasteiger partial charge in [-0.3, -0.25) is 4.79 Å². The van der Waals surface area contributed by atoms with Crippen LogP contribution in [0.3, 0.4) is 0 Å². The Morgan fingerprint density at radius 2 is 1.89 bits per heavy atom. The van der Waals surface area contributed by atoms with Crippen LogP contribution in [0.25, 0.3) is 0 Å². The molecule has 1 fully saturated rings. The second-order valence-electron chi connectivity index (χ2n) is 6.50.